The zero-order valence-corrected chi connectivity index (χ0v) is 25.9. The predicted octanol–water partition coefficient (Wildman–Crippen LogP) is -3.13. The standard InChI is InChI=1S/C22H26N4O8S.2Na/c1-22(2)12-14(13-35(32,33)34)17-10-18(24-23-15-5-7-16(8-6-15)26(30)31)20(27)11-19(17)25(22)9-3-4-21(28)29;;/h5-8,10-11,14,27H,3-4,9,12-13H2,1-2H3,(H,28,29)(H,32,33,34);;/q;2*+1/p-2/b24-23+;;. The second-order valence-electron chi connectivity index (χ2n) is 8.94. The maximum atomic E-state index is 11.6. The van der Waals surface area contributed by atoms with Gasteiger partial charge in [-0.25, -0.2) is 8.42 Å². The molecule has 1 unspecified atom stereocenters. The topological polar surface area (TPSA) is 189 Å². The molecule has 0 saturated carbocycles. The average molecular weight is 551 g/mol. The molecule has 0 spiro atoms. The Morgan fingerprint density at radius 3 is 2.35 bits per heavy atom. The number of carboxylic acids is 1. The third-order valence-electron chi connectivity index (χ3n) is 5.83. The van der Waals surface area contributed by atoms with Gasteiger partial charge in [0.2, 0.25) is 0 Å². The van der Waals surface area contributed by atoms with Crippen molar-refractivity contribution in [3.8, 4) is 5.75 Å². The van der Waals surface area contributed by atoms with Gasteiger partial charge >= 0.3 is 59.1 Å². The van der Waals surface area contributed by atoms with E-state index in [1.807, 2.05) is 18.7 Å². The van der Waals surface area contributed by atoms with Crippen molar-refractivity contribution in [2.45, 2.75) is 44.6 Å². The van der Waals surface area contributed by atoms with Crippen LogP contribution < -0.4 is 69.1 Å². The quantitative estimate of drug-likeness (QED) is 0.111. The fraction of sp³-hybridized carbons (Fsp3) is 0.409. The molecule has 2 aromatic rings. The van der Waals surface area contributed by atoms with E-state index in [2.05, 4.69) is 10.2 Å². The molecule has 1 N–H and O–H groups in total. The van der Waals surface area contributed by atoms with Gasteiger partial charge in [0.15, 0.2) is 0 Å². The molecule has 1 aliphatic rings. The van der Waals surface area contributed by atoms with E-state index in [1.165, 1.54) is 36.4 Å². The summed E-state index contributed by atoms with van der Waals surface area (Å²) in [6.45, 7) is 3.99. The summed E-state index contributed by atoms with van der Waals surface area (Å²) in [6.07, 6.45) is 0.377. The van der Waals surface area contributed by atoms with Crippen LogP contribution in [0.2, 0.25) is 0 Å². The number of hydrogen-bond acceptors (Lipinski definition) is 11. The zero-order valence-electron chi connectivity index (χ0n) is 21.1. The molecular formula is C22H24N4Na2O8S. The van der Waals surface area contributed by atoms with Crippen molar-refractivity contribution in [3.63, 3.8) is 0 Å². The molecule has 37 heavy (non-hydrogen) atoms. The molecule has 0 amide bonds. The number of non-ortho nitro benzene ring substituents is 1. The van der Waals surface area contributed by atoms with E-state index in [0.717, 1.165) is 0 Å². The van der Waals surface area contributed by atoms with Gasteiger partial charge in [0.05, 0.1) is 20.7 Å². The molecule has 188 valence electrons. The molecular weight excluding hydrogens is 526 g/mol. The first-order valence-corrected chi connectivity index (χ1v) is 12.3. The van der Waals surface area contributed by atoms with E-state index >= 15 is 0 Å². The zero-order chi connectivity index (χ0) is 26.0. The summed E-state index contributed by atoms with van der Waals surface area (Å²) < 4.78 is 34.8. The summed E-state index contributed by atoms with van der Waals surface area (Å²) in [4.78, 5) is 23.0. The van der Waals surface area contributed by atoms with Gasteiger partial charge in [0.1, 0.15) is 11.4 Å². The van der Waals surface area contributed by atoms with E-state index in [4.69, 9.17) is 0 Å². The molecule has 1 heterocycles. The van der Waals surface area contributed by atoms with Crippen LogP contribution in [0.25, 0.3) is 0 Å². The van der Waals surface area contributed by atoms with E-state index in [9.17, 15) is 38.1 Å². The Hall–Kier alpha value is -1.58. The fourth-order valence-corrected chi connectivity index (χ4v) is 5.11. The number of carbonyl (C=O) groups excluding carboxylic acids is 1. The van der Waals surface area contributed by atoms with Crippen molar-refractivity contribution in [2.75, 3.05) is 17.2 Å². The van der Waals surface area contributed by atoms with Crippen LogP contribution in [0.5, 0.6) is 5.75 Å². The van der Waals surface area contributed by atoms with Gasteiger partial charge in [-0.2, -0.15) is 5.11 Å². The average Bonchev–Trinajstić information content (AvgIpc) is 2.73. The number of phenols is 1. The number of benzene rings is 2. The minimum absolute atomic E-state index is 0. The van der Waals surface area contributed by atoms with Crippen LogP contribution in [-0.4, -0.2) is 46.8 Å². The van der Waals surface area contributed by atoms with Gasteiger partial charge in [-0.3, -0.25) is 10.1 Å². The number of phenolic OH excluding ortho intramolecular Hbond substituents is 1. The number of aliphatic carboxylic acids is 1. The maximum Gasteiger partial charge on any atom is 1.00 e. The van der Waals surface area contributed by atoms with Crippen molar-refractivity contribution in [1.29, 1.82) is 0 Å². The van der Waals surface area contributed by atoms with Crippen molar-refractivity contribution >= 4 is 38.8 Å². The first-order valence-electron chi connectivity index (χ1n) is 10.7. The van der Waals surface area contributed by atoms with Gasteiger partial charge in [-0.05, 0) is 56.9 Å². The van der Waals surface area contributed by atoms with Crippen molar-refractivity contribution in [3.05, 3.63) is 52.1 Å². The molecule has 0 bridgehead atoms. The molecule has 0 radical (unpaired) electrons. The molecule has 0 aliphatic carbocycles. The minimum Gasteiger partial charge on any atom is -0.748 e. The number of nitrogens with zero attached hydrogens (tertiary/aromatic N) is 4. The Balaban J connectivity index is 0.00000342. The number of rotatable bonds is 9. The predicted molar refractivity (Wildman–Crippen MR) is 123 cm³/mol. The van der Waals surface area contributed by atoms with Crippen molar-refractivity contribution in [2.24, 2.45) is 10.2 Å². The number of azo groups is 1. The second-order valence-corrected chi connectivity index (χ2v) is 10.4. The van der Waals surface area contributed by atoms with Crippen LogP contribution in [0, 0.1) is 10.1 Å². The van der Waals surface area contributed by atoms with Gasteiger partial charge in [0, 0.05) is 53.6 Å². The number of nitro groups is 1. The minimum atomic E-state index is -4.58. The van der Waals surface area contributed by atoms with Crippen LogP contribution in [0.1, 0.15) is 44.6 Å². The second kappa shape index (κ2) is 13.5. The Labute approximate surface area is 258 Å². The monoisotopic (exact) mass is 550 g/mol. The van der Waals surface area contributed by atoms with E-state index in [0.29, 0.717) is 17.8 Å². The summed E-state index contributed by atoms with van der Waals surface area (Å²) >= 11 is 0. The Bertz CT molecular complexity index is 1270. The summed E-state index contributed by atoms with van der Waals surface area (Å²) in [5.41, 5.74) is 0.486. The van der Waals surface area contributed by atoms with Gasteiger partial charge in [-0.15, -0.1) is 5.11 Å². The number of fused-ring (bicyclic) bond motifs is 1. The van der Waals surface area contributed by atoms with Crippen molar-refractivity contribution in [1.82, 2.24) is 0 Å². The number of nitro benzene ring substituents is 1. The molecule has 12 nitrogen and oxygen atoms in total. The van der Waals surface area contributed by atoms with Gasteiger partial charge < -0.3 is 24.5 Å². The Kier molecular flexibility index (Phi) is 12.2. The number of hydrogen-bond donors (Lipinski definition) is 1. The molecule has 3 rings (SSSR count). The third kappa shape index (κ3) is 8.99. The Morgan fingerprint density at radius 1 is 1.19 bits per heavy atom. The molecule has 1 aliphatic heterocycles. The van der Waals surface area contributed by atoms with E-state index in [1.54, 1.807) is 0 Å². The SMILES string of the molecule is CC1(C)CC(CS(=O)(=O)[O-])c2cc(/N=N/c3ccc([N+](=O)[O-])cc3)c(O)cc2N1CCCC(=O)[O-].[Na+].[Na+]. The van der Waals surface area contributed by atoms with Crippen molar-refractivity contribution < 1.29 is 92.0 Å². The normalized spacial score (nSPS) is 16.4. The fourth-order valence-electron chi connectivity index (χ4n) is 4.32. The van der Waals surface area contributed by atoms with E-state index in [-0.39, 0.29) is 101 Å². The summed E-state index contributed by atoms with van der Waals surface area (Å²) in [6, 6.07) is 8.11. The number of anilines is 1. The summed E-state index contributed by atoms with van der Waals surface area (Å²) in [5, 5.41) is 40.3. The third-order valence-corrected chi connectivity index (χ3v) is 6.64. The van der Waals surface area contributed by atoms with Crippen LogP contribution in [0.3, 0.4) is 0 Å². The van der Waals surface area contributed by atoms with Gasteiger partial charge in [0.25, 0.3) is 5.69 Å². The molecule has 0 saturated heterocycles. The first-order chi connectivity index (χ1) is 16.3. The van der Waals surface area contributed by atoms with Gasteiger partial charge in [-0.1, -0.05) is 0 Å². The molecule has 2 aromatic carbocycles. The van der Waals surface area contributed by atoms with Crippen LogP contribution in [0.15, 0.2) is 46.6 Å². The summed E-state index contributed by atoms with van der Waals surface area (Å²) in [7, 11) is -4.58. The molecule has 1 atom stereocenters. The number of aromatic hydroxyl groups is 1. The maximum absolute atomic E-state index is 11.6. The number of carboxylic acid groups (broad SMARTS) is 1. The summed E-state index contributed by atoms with van der Waals surface area (Å²) in [5.74, 6) is -2.80. The first kappa shape index (κ1) is 33.4. The smallest absolute Gasteiger partial charge is 0.748 e. The molecule has 0 fully saturated rings. The van der Waals surface area contributed by atoms with Crippen LogP contribution in [-0.2, 0) is 14.9 Å². The van der Waals surface area contributed by atoms with Crippen LogP contribution in [0.4, 0.5) is 22.7 Å². The largest absolute Gasteiger partial charge is 1.00 e. The molecule has 15 heteroatoms. The Morgan fingerprint density at radius 2 is 1.81 bits per heavy atom. The van der Waals surface area contributed by atoms with Crippen LogP contribution >= 0.6 is 0 Å². The van der Waals surface area contributed by atoms with E-state index < -0.39 is 38.2 Å². The number of carbonyl (C=O) groups is 1. The molecule has 0 aromatic heterocycles.